The summed E-state index contributed by atoms with van der Waals surface area (Å²) in [7, 11) is 1.60. The molecule has 6 nitrogen and oxygen atoms in total. The van der Waals surface area contributed by atoms with Gasteiger partial charge in [0.15, 0.2) is 0 Å². The van der Waals surface area contributed by atoms with Crippen molar-refractivity contribution in [3.8, 4) is 11.5 Å². The number of anilines is 2. The second-order valence-corrected chi connectivity index (χ2v) is 6.61. The molecule has 0 saturated heterocycles. The number of carbonyl (C=O) groups is 1. The van der Waals surface area contributed by atoms with Gasteiger partial charge in [0, 0.05) is 24.2 Å². The molecule has 0 atom stereocenters. The predicted octanol–water partition coefficient (Wildman–Crippen LogP) is 2.76. The fourth-order valence-electron chi connectivity index (χ4n) is 3.20. The highest BCUT2D eigenvalue weighted by Gasteiger charge is 2.22. The third-order valence-corrected chi connectivity index (χ3v) is 4.65. The summed E-state index contributed by atoms with van der Waals surface area (Å²) < 4.78 is 11.3. The van der Waals surface area contributed by atoms with Crippen LogP contribution in [0.3, 0.4) is 0 Å². The molecule has 0 spiro atoms. The van der Waals surface area contributed by atoms with Crippen molar-refractivity contribution in [3.63, 3.8) is 0 Å². The van der Waals surface area contributed by atoms with E-state index in [1.54, 1.807) is 7.11 Å². The third-order valence-electron chi connectivity index (χ3n) is 4.65. The van der Waals surface area contributed by atoms with Gasteiger partial charge in [-0.05, 0) is 55.6 Å². The molecular weight excluding hydrogens is 342 g/mol. The number of fused-ring (bicyclic) bond motifs is 1. The Kier molecular flexibility index (Phi) is 6.54. The first-order valence-corrected chi connectivity index (χ1v) is 9.35. The van der Waals surface area contributed by atoms with E-state index >= 15 is 0 Å². The van der Waals surface area contributed by atoms with Crippen LogP contribution in [-0.4, -0.2) is 32.7 Å². The molecule has 27 heavy (non-hydrogen) atoms. The lowest BCUT2D eigenvalue weighted by Crippen LogP contribution is -2.24. The van der Waals surface area contributed by atoms with Gasteiger partial charge in [0.05, 0.1) is 12.8 Å². The maximum absolute atomic E-state index is 11.7. The van der Waals surface area contributed by atoms with Crippen LogP contribution < -0.4 is 25.8 Å². The minimum Gasteiger partial charge on any atom is -0.495 e. The van der Waals surface area contributed by atoms with Crippen LogP contribution in [0.2, 0.25) is 0 Å². The fourth-order valence-corrected chi connectivity index (χ4v) is 3.20. The van der Waals surface area contributed by atoms with Gasteiger partial charge in [-0.1, -0.05) is 12.1 Å². The molecule has 4 N–H and O–H groups in total. The van der Waals surface area contributed by atoms with Crippen LogP contribution in [0.5, 0.6) is 11.5 Å². The average Bonchev–Trinajstić information content (AvgIpc) is 2.68. The Hall–Kier alpha value is -2.73. The van der Waals surface area contributed by atoms with Gasteiger partial charge in [0.2, 0.25) is 5.91 Å². The molecule has 1 aliphatic rings. The van der Waals surface area contributed by atoms with Crippen LogP contribution in [0.4, 0.5) is 11.4 Å². The first-order valence-electron chi connectivity index (χ1n) is 9.35. The van der Waals surface area contributed by atoms with Crippen LogP contribution >= 0.6 is 0 Å². The molecular formula is C21H27N3O3. The summed E-state index contributed by atoms with van der Waals surface area (Å²) in [6.45, 7) is 2.29. The molecule has 0 fully saturated rings. The van der Waals surface area contributed by atoms with E-state index in [0.717, 1.165) is 48.6 Å². The number of amides is 1. The minimum atomic E-state index is 0.0146. The van der Waals surface area contributed by atoms with Crippen LogP contribution in [0.1, 0.15) is 24.0 Å². The van der Waals surface area contributed by atoms with Crippen molar-refractivity contribution in [2.45, 2.75) is 25.7 Å². The Balaban J connectivity index is 1.41. The van der Waals surface area contributed by atoms with Crippen LogP contribution in [0.15, 0.2) is 36.4 Å². The summed E-state index contributed by atoms with van der Waals surface area (Å²) in [5, 5.41) is 6.29. The second kappa shape index (κ2) is 9.28. The molecule has 1 amide bonds. The molecule has 144 valence electrons. The molecule has 3 rings (SSSR count). The molecule has 0 radical (unpaired) electrons. The second-order valence-electron chi connectivity index (χ2n) is 6.61. The van der Waals surface area contributed by atoms with Gasteiger partial charge >= 0.3 is 0 Å². The van der Waals surface area contributed by atoms with E-state index in [-0.39, 0.29) is 5.91 Å². The minimum absolute atomic E-state index is 0.0146. The van der Waals surface area contributed by atoms with Gasteiger partial charge in [-0.2, -0.15) is 0 Å². The van der Waals surface area contributed by atoms with Gasteiger partial charge in [0.25, 0.3) is 0 Å². The summed E-state index contributed by atoms with van der Waals surface area (Å²) in [4.78, 5) is 11.7. The number of nitrogen functional groups attached to an aromatic ring is 1. The van der Waals surface area contributed by atoms with E-state index in [2.05, 4.69) is 22.8 Å². The van der Waals surface area contributed by atoms with E-state index in [0.29, 0.717) is 25.2 Å². The maximum Gasteiger partial charge on any atom is 0.224 e. The highest BCUT2D eigenvalue weighted by Crippen LogP contribution is 2.38. The number of hydrogen-bond acceptors (Lipinski definition) is 5. The Morgan fingerprint density at radius 1 is 1.07 bits per heavy atom. The van der Waals surface area contributed by atoms with Crippen molar-refractivity contribution in [1.29, 1.82) is 0 Å². The predicted molar refractivity (Wildman–Crippen MR) is 107 cm³/mol. The number of nitrogens with one attached hydrogen (secondary N) is 2. The number of ether oxygens (including phenoxy) is 2. The maximum atomic E-state index is 11.7. The molecule has 6 heteroatoms. The van der Waals surface area contributed by atoms with Gasteiger partial charge in [-0.15, -0.1) is 0 Å². The average molecular weight is 369 g/mol. The smallest absolute Gasteiger partial charge is 0.224 e. The zero-order valence-corrected chi connectivity index (χ0v) is 15.7. The molecule has 1 heterocycles. The molecule has 0 saturated carbocycles. The topological polar surface area (TPSA) is 85.6 Å². The van der Waals surface area contributed by atoms with E-state index in [1.807, 2.05) is 24.3 Å². The lowest BCUT2D eigenvalue weighted by atomic mass is 10.0. The summed E-state index contributed by atoms with van der Waals surface area (Å²) in [5.74, 6) is 1.50. The zero-order chi connectivity index (χ0) is 19.1. The van der Waals surface area contributed by atoms with E-state index in [9.17, 15) is 4.79 Å². The Bertz CT molecular complexity index is 775. The summed E-state index contributed by atoms with van der Waals surface area (Å²) in [6, 6.07) is 11.8. The van der Waals surface area contributed by atoms with E-state index in [4.69, 9.17) is 15.2 Å². The number of nitrogens with two attached hydrogens (primary N) is 1. The number of methoxy groups -OCH3 is 1. The first kappa shape index (κ1) is 19.0. The Morgan fingerprint density at radius 3 is 2.63 bits per heavy atom. The van der Waals surface area contributed by atoms with Crippen molar-refractivity contribution >= 4 is 17.3 Å². The number of carbonyl (C=O) groups excluding carboxylic acids is 1. The molecule has 0 unspecified atom stereocenters. The summed E-state index contributed by atoms with van der Waals surface area (Å²) in [5.41, 5.74) is 9.55. The fraction of sp³-hybridized carbons (Fsp3) is 0.381. The number of hydrogen-bond donors (Lipinski definition) is 3. The van der Waals surface area contributed by atoms with Crippen molar-refractivity contribution in [1.82, 2.24) is 5.32 Å². The molecule has 0 aliphatic carbocycles. The third kappa shape index (κ3) is 5.14. The standard InChI is InChI=1S/C21H27N3O3/c1-26-19-10-9-18(17-8-11-20(25)24-21(17)19)27-14-13-23-12-2-3-15-4-6-16(22)7-5-15/h4-7,9-10,23H,2-3,8,11-14,22H2,1H3,(H,24,25). The van der Waals surface area contributed by atoms with Crippen LogP contribution in [-0.2, 0) is 17.6 Å². The van der Waals surface area contributed by atoms with Gasteiger partial charge < -0.3 is 25.8 Å². The lowest BCUT2D eigenvalue weighted by Gasteiger charge is -2.22. The highest BCUT2D eigenvalue weighted by atomic mass is 16.5. The van der Waals surface area contributed by atoms with Crippen molar-refractivity contribution in [2.75, 3.05) is 37.9 Å². The zero-order valence-electron chi connectivity index (χ0n) is 15.7. The molecule has 0 bridgehead atoms. The normalized spacial score (nSPS) is 13.0. The molecule has 1 aliphatic heterocycles. The van der Waals surface area contributed by atoms with Crippen LogP contribution in [0, 0.1) is 0 Å². The first-order chi connectivity index (χ1) is 13.2. The Morgan fingerprint density at radius 2 is 1.85 bits per heavy atom. The number of benzene rings is 2. The van der Waals surface area contributed by atoms with Crippen LogP contribution in [0.25, 0.3) is 0 Å². The molecule has 2 aromatic carbocycles. The SMILES string of the molecule is COc1ccc(OCCNCCCc2ccc(N)cc2)c2c1NC(=O)CC2. The molecule has 2 aromatic rings. The monoisotopic (exact) mass is 369 g/mol. The molecule has 0 aromatic heterocycles. The largest absolute Gasteiger partial charge is 0.495 e. The van der Waals surface area contributed by atoms with E-state index in [1.165, 1.54) is 5.56 Å². The summed E-state index contributed by atoms with van der Waals surface area (Å²) in [6.07, 6.45) is 3.23. The van der Waals surface area contributed by atoms with Gasteiger partial charge in [0.1, 0.15) is 18.1 Å². The highest BCUT2D eigenvalue weighted by molar-refractivity contribution is 5.96. The van der Waals surface area contributed by atoms with Crippen molar-refractivity contribution in [3.05, 3.63) is 47.5 Å². The Labute approximate surface area is 160 Å². The summed E-state index contributed by atoms with van der Waals surface area (Å²) >= 11 is 0. The lowest BCUT2D eigenvalue weighted by molar-refractivity contribution is -0.116. The van der Waals surface area contributed by atoms with Gasteiger partial charge in [-0.25, -0.2) is 0 Å². The number of aryl methyl sites for hydroxylation is 1. The van der Waals surface area contributed by atoms with E-state index < -0.39 is 0 Å². The quantitative estimate of drug-likeness (QED) is 0.467. The number of rotatable bonds is 9. The van der Waals surface area contributed by atoms with Crippen molar-refractivity contribution < 1.29 is 14.3 Å². The van der Waals surface area contributed by atoms with Crippen molar-refractivity contribution in [2.24, 2.45) is 0 Å². The van der Waals surface area contributed by atoms with Gasteiger partial charge in [-0.3, -0.25) is 4.79 Å².